The normalized spacial score (nSPS) is 9.62. The molecule has 0 unspecified atom stereocenters. The molecule has 2 aromatic carbocycles. The quantitative estimate of drug-likeness (QED) is 0.628. The number of hydrogen-bond donors (Lipinski definition) is 0. The van der Waals surface area contributed by atoms with E-state index in [1.54, 1.807) is 0 Å². The summed E-state index contributed by atoms with van der Waals surface area (Å²) in [4.78, 5) is 0. The van der Waals surface area contributed by atoms with Crippen molar-refractivity contribution < 1.29 is 0 Å². The Bertz CT molecular complexity index is 391. The molecule has 0 spiro atoms. The Morgan fingerprint density at radius 3 is 2.38 bits per heavy atom. The van der Waals surface area contributed by atoms with Gasteiger partial charge in [-0.15, -0.1) is 24.0 Å². The highest BCUT2D eigenvalue weighted by atomic mass is 35.5. The molecule has 0 saturated carbocycles. The summed E-state index contributed by atoms with van der Waals surface area (Å²) in [7, 11) is 0. The summed E-state index contributed by atoms with van der Waals surface area (Å²) in [5.74, 6) is 0.585. The summed E-state index contributed by atoms with van der Waals surface area (Å²) >= 11 is 5.81. The lowest BCUT2D eigenvalue weighted by atomic mass is 10.1. The van der Waals surface area contributed by atoms with Gasteiger partial charge in [-0.05, 0) is 16.3 Å². The Morgan fingerprint density at radius 1 is 0.923 bits per heavy atom. The third-order valence-corrected chi connectivity index (χ3v) is 2.31. The molecule has 0 atom stereocenters. The molecule has 0 aliphatic heterocycles. The maximum absolute atomic E-state index is 5.81. The van der Waals surface area contributed by atoms with Gasteiger partial charge in [0, 0.05) is 5.88 Å². The minimum atomic E-state index is 0. The standard InChI is InChI=1S/C11H9Cl.ClH/c12-8-10-6-3-5-9-4-1-2-7-11(9)10;/h1-7H,8H2;1H. The Kier molecular flexibility index (Phi) is 3.58. The molecule has 2 heteroatoms. The molecule has 0 amide bonds. The Balaban J connectivity index is 0.000000845. The number of halogens is 2. The van der Waals surface area contributed by atoms with E-state index in [4.69, 9.17) is 11.6 Å². The summed E-state index contributed by atoms with van der Waals surface area (Å²) in [6.45, 7) is 0. The molecule has 0 aromatic heterocycles. The SMILES string of the molecule is Cl.ClCc1cccc2ccccc12. The van der Waals surface area contributed by atoms with Gasteiger partial charge in [0.25, 0.3) is 0 Å². The molecule has 0 saturated heterocycles. The van der Waals surface area contributed by atoms with Gasteiger partial charge in [-0.2, -0.15) is 0 Å². The highest BCUT2D eigenvalue weighted by Crippen LogP contribution is 2.19. The number of alkyl halides is 1. The Morgan fingerprint density at radius 2 is 1.62 bits per heavy atom. The van der Waals surface area contributed by atoms with E-state index in [2.05, 4.69) is 24.3 Å². The van der Waals surface area contributed by atoms with Crippen LogP contribution < -0.4 is 0 Å². The predicted molar refractivity (Wildman–Crippen MR) is 60.8 cm³/mol. The first-order valence-corrected chi connectivity index (χ1v) is 4.48. The largest absolute Gasteiger partial charge is 0.147 e. The van der Waals surface area contributed by atoms with Crippen LogP contribution in [0.25, 0.3) is 10.8 Å². The molecule has 0 aliphatic rings. The zero-order valence-corrected chi connectivity index (χ0v) is 8.61. The van der Waals surface area contributed by atoms with E-state index < -0.39 is 0 Å². The first-order valence-electron chi connectivity index (χ1n) is 3.94. The average molecular weight is 213 g/mol. The second kappa shape index (κ2) is 4.50. The van der Waals surface area contributed by atoms with Crippen molar-refractivity contribution in [2.75, 3.05) is 0 Å². The summed E-state index contributed by atoms with van der Waals surface area (Å²) in [5.41, 5.74) is 1.20. The van der Waals surface area contributed by atoms with Crippen molar-refractivity contribution >= 4 is 34.8 Å². The van der Waals surface area contributed by atoms with Gasteiger partial charge in [-0.25, -0.2) is 0 Å². The monoisotopic (exact) mass is 212 g/mol. The Hall–Kier alpha value is -0.720. The van der Waals surface area contributed by atoms with Gasteiger partial charge in [0.05, 0.1) is 0 Å². The van der Waals surface area contributed by atoms with Gasteiger partial charge in [0.1, 0.15) is 0 Å². The van der Waals surface area contributed by atoms with E-state index in [1.165, 1.54) is 16.3 Å². The summed E-state index contributed by atoms with van der Waals surface area (Å²) in [6.07, 6.45) is 0. The second-order valence-electron chi connectivity index (χ2n) is 2.77. The fraction of sp³-hybridized carbons (Fsp3) is 0.0909. The first kappa shape index (κ1) is 10.4. The Labute approximate surface area is 88.9 Å². The maximum Gasteiger partial charge on any atom is 0.0480 e. The third kappa shape index (κ3) is 1.96. The van der Waals surface area contributed by atoms with Crippen LogP contribution >= 0.6 is 24.0 Å². The fourth-order valence-electron chi connectivity index (χ4n) is 1.41. The van der Waals surface area contributed by atoms with E-state index in [1.807, 2.05) is 18.2 Å². The van der Waals surface area contributed by atoms with Crippen LogP contribution in [0.4, 0.5) is 0 Å². The summed E-state index contributed by atoms with van der Waals surface area (Å²) in [5, 5.41) is 2.52. The zero-order valence-electron chi connectivity index (χ0n) is 7.03. The van der Waals surface area contributed by atoms with Crippen LogP contribution in [0.2, 0.25) is 0 Å². The number of hydrogen-bond acceptors (Lipinski definition) is 0. The maximum atomic E-state index is 5.81. The molecule has 68 valence electrons. The summed E-state index contributed by atoms with van der Waals surface area (Å²) < 4.78 is 0. The van der Waals surface area contributed by atoms with Crippen molar-refractivity contribution in [1.82, 2.24) is 0 Å². The smallest absolute Gasteiger partial charge is 0.0480 e. The van der Waals surface area contributed by atoms with Crippen LogP contribution in [0.1, 0.15) is 5.56 Å². The van der Waals surface area contributed by atoms with Gasteiger partial charge in [-0.1, -0.05) is 42.5 Å². The van der Waals surface area contributed by atoms with Gasteiger partial charge >= 0.3 is 0 Å². The van der Waals surface area contributed by atoms with Crippen LogP contribution in [-0.2, 0) is 5.88 Å². The molecule has 0 fully saturated rings. The molecule has 0 nitrogen and oxygen atoms in total. The van der Waals surface area contributed by atoms with E-state index in [0.717, 1.165) is 0 Å². The highest BCUT2D eigenvalue weighted by Gasteiger charge is 1.96. The molecular formula is C11H10Cl2. The van der Waals surface area contributed by atoms with E-state index in [-0.39, 0.29) is 12.4 Å². The highest BCUT2D eigenvalue weighted by molar-refractivity contribution is 6.18. The molecule has 2 rings (SSSR count). The van der Waals surface area contributed by atoms with Crippen molar-refractivity contribution in [1.29, 1.82) is 0 Å². The molecule has 13 heavy (non-hydrogen) atoms. The van der Waals surface area contributed by atoms with Crippen LogP contribution in [-0.4, -0.2) is 0 Å². The number of benzene rings is 2. The van der Waals surface area contributed by atoms with Gasteiger partial charge in [0.15, 0.2) is 0 Å². The molecule has 0 radical (unpaired) electrons. The number of rotatable bonds is 1. The van der Waals surface area contributed by atoms with Crippen molar-refractivity contribution in [3.05, 3.63) is 48.0 Å². The van der Waals surface area contributed by atoms with Crippen LogP contribution in [0.15, 0.2) is 42.5 Å². The minimum absolute atomic E-state index is 0. The van der Waals surface area contributed by atoms with Crippen molar-refractivity contribution in [3.63, 3.8) is 0 Å². The third-order valence-electron chi connectivity index (χ3n) is 2.02. The predicted octanol–water partition coefficient (Wildman–Crippen LogP) is 4.00. The van der Waals surface area contributed by atoms with Crippen LogP contribution in [0, 0.1) is 0 Å². The minimum Gasteiger partial charge on any atom is -0.147 e. The van der Waals surface area contributed by atoms with Crippen LogP contribution in [0.3, 0.4) is 0 Å². The lowest BCUT2D eigenvalue weighted by molar-refractivity contribution is 1.45. The fourth-order valence-corrected chi connectivity index (χ4v) is 1.64. The average Bonchev–Trinajstić information content (AvgIpc) is 2.17. The number of fused-ring (bicyclic) bond motifs is 1. The van der Waals surface area contributed by atoms with Gasteiger partial charge < -0.3 is 0 Å². The van der Waals surface area contributed by atoms with Gasteiger partial charge in [-0.3, -0.25) is 0 Å². The van der Waals surface area contributed by atoms with Crippen molar-refractivity contribution in [2.24, 2.45) is 0 Å². The van der Waals surface area contributed by atoms with Gasteiger partial charge in [0.2, 0.25) is 0 Å². The molecular weight excluding hydrogens is 203 g/mol. The molecule has 2 aromatic rings. The lowest BCUT2D eigenvalue weighted by Gasteiger charge is -2.01. The first-order chi connectivity index (χ1) is 5.92. The van der Waals surface area contributed by atoms with Crippen molar-refractivity contribution in [3.8, 4) is 0 Å². The van der Waals surface area contributed by atoms with E-state index in [9.17, 15) is 0 Å². The lowest BCUT2D eigenvalue weighted by Crippen LogP contribution is -1.79. The molecule has 0 heterocycles. The van der Waals surface area contributed by atoms with Crippen molar-refractivity contribution in [2.45, 2.75) is 5.88 Å². The topological polar surface area (TPSA) is 0 Å². The molecule has 0 N–H and O–H groups in total. The second-order valence-corrected chi connectivity index (χ2v) is 3.04. The van der Waals surface area contributed by atoms with Crippen LogP contribution in [0.5, 0.6) is 0 Å². The zero-order chi connectivity index (χ0) is 8.39. The van der Waals surface area contributed by atoms with E-state index in [0.29, 0.717) is 5.88 Å². The summed E-state index contributed by atoms with van der Waals surface area (Å²) in [6, 6.07) is 14.5. The molecule has 0 aliphatic carbocycles. The molecule has 0 bridgehead atoms. The van der Waals surface area contributed by atoms with E-state index >= 15 is 0 Å².